The van der Waals surface area contributed by atoms with Crippen molar-refractivity contribution in [1.82, 2.24) is 4.90 Å². The highest BCUT2D eigenvalue weighted by atomic mass is 16.6. The van der Waals surface area contributed by atoms with Gasteiger partial charge < -0.3 is 10.1 Å². The van der Waals surface area contributed by atoms with Crippen LogP contribution >= 0.6 is 0 Å². The summed E-state index contributed by atoms with van der Waals surface area (Å²) in [7, 11) is 3.36. The Hall–Kier alpha value is -1.66. The number of nitrogens with one attached hydrogen (secondary N) is 1. The van der Waals surface area contributed by atoms with E-state index < -0.39 is 0 Å². The smallest absolute Gasteiger partial charge is 0.292 e. The van der Waals surface area contributed by atoms with Gasteiger partial charge >= 0.3 is 0 Å². The number of ether oxygens (including phenoxy) is 1. The van der Waals surface area contributed by atoms with E-state index in [1.54, 1.807) is 26.3 Å². The van der Waals surface area contributed by atoms with Gasteiger partial charge in [-0.05, 0) is 25.1 Å². The molecule has 0 aliphatic carbocycles. The number of rotatable bonds is 8. The number of likely N-dealkylation sites (N-methyl/N-ethyl adjacent to an activating group) is 1. The minimum atomic E-state index is -0.357. The summed E-state index contributed by atoms with van der Waals surface area (Å²) >= 11 is 0. The van der Waals surface area contributed by atoms with Gasteiger partial charge in [0.25, 0.3) is 5.69 Å². The molecule has 1 aromatic carbocycles. The molecule has 1 atom stereocenters. The lowest BCUT2D eigenvalue weighted by Crippen LogP contribution is -2.35. The number of hydrogen-bond acceptors (Lipinski definition) is 5. The van der Waals surface area contributed by atoms with E-state index in [1.807, 2.05) is 6.07 Å². The topological polar surface area (TPSA) is 67.6 Å². The maximum atomic E-state index is 11.1. The van der Waals surface area contributed by atoms with Crippen molar-refractivity contribution in [1.29, 1.82) is 0 Å². The molecule has 0 heterocycles. The Morgan fingerprint density at radius 2 is 2.20 bits per heavy atom. The molecule has 1 N–H and O–H groups in total. The Morgan fingerprint density at radius 3 is 2.70 bits per heavy atom. The Kier molecular flexibility index (Phi) is 6.41. The molecule has 0 amide bonds. The van der Waals surface area contributed by atoms with Crippen molar-refractivity contribution >= 4 is 11.4 Å². The Labute approximate surface area is 119 Å². The van der Waals surface area contributed by atoms with Gasteiger partial charge in [0.15, 0.2) is 0 Å². The monoisotopic (exact) mass is 281 g/mol. The van der Waals surface area contributed by atoms with Crippen LogP contribution in [-0.2, 0) is 11.3 Å². The van der Waals surface area contributed by atoms with E-state index in [0.29, 0.717) is 18.8 Å². The van der Waals surface area contributed by atoms with Crippen molar-refractivity contribution in [2.45, 2.75) is 26.4 Å². The van der Waals surface area contributed by atoms with E-state index in [-0.39, 0.29) is 16.7 Å². The summed E-state index contributed by atoms with van der Waals surface area (Å²) in [6, 6.07) is 5.57. The van der Waals surface area contributed by atoms with Crippen LogP contribution in [0.25, 0.3) is 0 Å². The fraction of sp³-hybridized carbons (Fsp3) is 0.571. The average molecular weight is 281 g/mol. The molecule has 0 fully saturated rings. The van der Waals surface area contributed by atoms with Crippen molar-refractivity contribution in [2.24, 2.45) is 0 Å². The highest BCUT2D eigenvalue weighted by molar-refractivity contribution is 5.62. The molecule has 1 aromatic rings. The number of anilines is 1. The van der Waals surface area contributed by atoms with Crippen LogP contribution in [0.3, 0.4) is 0 Å². The minimum absolute atomic E-state index is 0.112. The fourth-order valence-electron chi connectivity index (χ4n) is 2.20. The maximum absolute atomic E-state index is 11.1. The van der Waals surface area contributed by atoms with Gasteiger partial charge in [-0.2, -0.15) is 0 Å². The molecule has 1 rings (SSSR count). The van der Waals surface area contributed by atoms with Crippen LogP contribution in [0.4, 0.5) is 11.4 Å². The summed E-state index contributed by atoms with van der Waals surface area (Å²) < 4.78 is 5.16. The number of nitro benzene ring substituents is 1. The lowest BCUT2D eigenvalue weighted by Gasteiger charge is -2.27. The predicted octanol–water partition coefficient (Wildman–Crippen LogP) is 2.49. The van der Waals surface area contributed by atoms with Gasteiger partial charge in [-0.15, -0.1) is 0 Å². The first-order valence-corrected chi connectivity index (χ1v) is 6.71. The Morgan fingerprint density at radius 1 is 1.50 bits per heavy atom. The zero-order chi connectivity index (χ0) is 15.1. The molecular formula is C14H23N3O3. The second kappa shape index (κ2) is 7.81. The van der Waals surface area contributed by atoms with Crippen molar-refractivity contribution in [3.8, 4) is 0 Å². The molecule has 0 radical (unpaired) electrons. The summed E-state index contributed by atoms with van der Waals surface area (Å²) in [5.74, 6) is 0. The SMILES string of the molecule is CCN(Cc1ccc(NC)c([N+](=O)[O-])c1)C(C)COC. The van der Waals surface area contributed by atoms with Gasteiger partial charge in [0, 0.05) is 32.8 Å². The van der Waals surface area contributed by atoms with Crippen LogP contribution in [0.15, 0.2) is 18.2 Å². The van der Waals surface area contributed by atoms with Crippen molar-refractivity contribution in [2.75, 3.05) is 32.6 Å². The van der Waals surface area contributed by atoms with Gasteiger partial charge in [0.2, 0.25) is 0 Å². The second-order valence-electron chi connectivity index (χ2n) is 4.73. The molecule has 6 nitrogen and oxygen atoms in total. The quantitative estimate of drug-likeness (QED) is 0.585. The molecule has 0 saturated heterocycles. The average Bonchev–Trinajstić information content (AvgIpc) is 2.44. The van der Waals surface area contributed by atoms with Gasteiger partial charge in [-0.25, -0.2) is 0 Å². The molecule has 1 unspecified atom stereocenters. The van der Waals surface area contributed by atoms with Crippen LogP contribution in [0.2, 0.25) is 0 Å². The predicted molar refractivity (Wildman–Crippen MR) is 80.1 cm³/mol. The first kappa shape index (κ1) is 16.4. The number of nitro groups is 1. The van der Waals surface area contributed by atoms with Crippen LogP contribution in [-0.4, -0.2) is 43.2 Å². The second-order valence-corrected chi connectivity index (χ2v) is 4.73. The first-order valence-electron chi connectivity index (χ1n) is 6.71. The first-order chi connectivity index (χ1) is 9.53. The van der Waals surface area contributed by atoms with Crippen molar-refractivity contribution < 1.29 is 9.66 Å². The molecule has 20 heavy (non-hydrogen) atoms. The van der Waals surface area contributed by atoms with E-state index in [1.165, 1.54) is 0 Å². The van der Waals surface area contributed by atoms with E-state index in [4.69, 9.17) is 4.74 Å². The van der Waals surface area contributed by atoms with Crippen LogP contribution in [0.5, 0.6) is 0 Å². The van der Waals surface area contributed by atoms with Crippen molar-refractivity contribution in [3.63, 3.8) is 0 Å². The fourth-order valence-corrected chi connectivity index (χ4v) is 2.20. The van der Waals surface area contributed by atoms with Gasteiger partial charge in [0.1, 0.15) is 5.69 Å². The molecule has 0 bridgehead atoms. The Balaban J connectivity index is 2.91. The van der Waals surface area contributed by atoms with E-state index in [0.717, 1.165) is 12.1 Å². The summed E-state index contributed by atoms with van der Waals surface area (Å²) in [6.45, 7) is 6.34. The normalized spacial score (nSPS) is 12.4. The zero-order valence-electron chi connectivity index (χ0n) is 12.5. The molecule has 0 aliphatic heterocycles. The summed E-state index contributed by atoms with van der Waals surface area (Å²) in [4.78, 5) is 12.9. The van der Waals surface area contributed by atoms with Crippen LogP contribution in [0, 0.1) is 10.1 Å². The molecule has 112 valence electrons. The highest BCUT2D eigenvalue weighted by Crippen LogP contribution is 2.25. The Bertz CT molecular complexity index is 451. The molecule has 0 spiro atoms. The molecule has 0 aliphatic rings. The van der Waals surface area contributed by atoms with Gasteiger partial charge in [-0.3, -0.25) is 15.0 Å². The lowest BCUT2D eigenvalue weighted by molar-refractivity contribution is -0.384. The standard InChI is InChI=1S/C14H23N3O3/c1-5-16(11(2)10-20-4)9-12-6-7-13(15-3)14(8-12)17(18)19/h6-8,11,15H,5,9-10H2,1-4H3. The third-order valence-corrected chi connectivity index (χ3v) is 3.35. The molecule has 0 aromatic heterocycles. The number of methoxy groups -OCH3 is 1. The van der Waals surface area contributed by atoms with Crippen molar-refractivity contribution in [3.05, 3.63) is 33.9 Å². The number of benzene rings is 1. The van der Waals surface area contributed by atoms with Crippen LogP contribution in [0.1, 0.15) is 19.4 Å². The van der Waals surface area contributed by atoms with Crippen LogP contribution < -0.4 is 5.32 Å². The maximum Gasteiger partial charge on any atom is 0.292 e. The summed E-state index contributed by atoms with van der Waals surface area (Å²) in [5.41, 5.74) is 1.58. The third-order valence-electron chi connectivity index (χ3n) is 3.35. The van der Waals surface area contributed by atoms with Gasteiger partial charge in [0.05, 0.1) is 11.5 Å². The number of nitrogens with zero attached hydrogens (tertiary/aromatic N) is 2. The molecule has 0 saturated carbocycles. The lowest BCUT2D eigenvalue weighted by atomic mass is 10.1. The summed E-state index contributed by atoms with van der Waals surface area (Å²) in [5, 5.41) is 13.9. The van der Waals surface area contributed by atoms with Gasteiger partial charge in [-0.1, -0.05) is 13.0 Å². The largest absolute Gasteiger partial charge is 0.383 e. The summed E-state index contributed by atoms with van der Waals surface area (Å²) in [6.07, 6.45) is 0. The number of hydrogen-bond donors (Lipinski definition) is 1. The van der Waals surface area contributed by atoms with E-state index in [9.17, 15) is 10.1 Å². The van der Waals surface area contributed by atoms with E-state index >= 15 is 0 Å². The molecule has 6 heteroatoms. The molecular weight excluding hydrogens is 258 g/mol. The van der Waals surface area contributed by atoms with E-state index in [2.05, 4.69) is 24.1 Å². The third kappa shape index (κ3) is 4.18. The zero-order valence-corrected chi connectivity index (χ0v) is 12.5. The minimum Gasteiger partial charge on any atom is -0.383 e. The highest BCUT2D eigenvalue weighted by Gasteiger charge is 2.17.